The molecule has 0 spiro atoms. The fourth-order valence-electron chi connectivity index (χ4n) is 5.64. The molecular formula is C30H33N7O. The number of nitrogens with zero attached hydrogens (tertiary/aromatic N) is 3. The summed E-state index contributed by atoms with van der Waals surface area (Å²) < 4.78 is 0. The molecule has 4 aromatic rings. The van der Waals surface area contributed by atoms with E-state index in [0.717, 1.165) is 46.4 Å². The fraction of sp³-hybridized carbons (Fsp3) is 0.267. The molecule has 194 valence electrons. The second-order valence-electron chi connectivity index (χ2n) is 9.93. The molecule has 0 saturated carbocycles. The molecule has 1 heterocycles. The third-order valence-electron chi connectivity index (χ3n) is 7.71. The highest BCUT2D eigenvalue weighted by atomic mass is 16.1. The van der Waals surface area contributed by atoms with E-state index in [2.05, 4.69) is 87.2 Å². The number of hydrogen-bond donors (Lipinski definition) is 4. The molecule has 0 aliphatic heterocycles. The molecule has 2 atom stereocenters. The van der Waals surface area contributed by atoms with Gasteiger partial charge in [-0.25, -0.2) is 5.10 Å². The van der Waals surface area contributed by atoms with Crippen molar-refractivity contribution in [3.63, 3.8) is 0 Å². The lowest BCUT2D eigenvalue weighted by molar-refractivity contribution is 0.0963. The third kappa shape index (κ3) is 4.37. The summed E-state index contributed by atoms with van der Waals surface area (Å²) in [6, 6.07) is 20.4. The van der Waals surface area contributed by atoms with Crippen LogP contribution in [-0.2, 0) is 18.3 Å². The van der Waals surface area contributed by atoms with Crippen molar-refractivity contribution in [2.24, 2.45) is 5.73 Å². The predicted octanol–water partition coefficient (Wildman–Crippen LogP) is 3.58. The second kappa shape index (κ2) is 10.2. The van der Waals surface area contributed by atoms with Crippen molar-refractivity contribution in [1.29, 1.82) is 0 Å². The molecule has 0 bridgehead atoms. The Kier molecular flexibility index (Phi) is 6.82. The van der Waals surface area contributed by atoms with Crippen LogP contribution in [0, 0.1) is 6.92 Å². The Labute approximate surface area is 222 Å². The number of aromatic amines is 1. The minimum atomic E-state index is -0.768. The van der Waals surface area contributed by atoms with Gasteiger partial charge in [-0.15, -0.1) is 5.10 Å². The van der Waals surface area contributed by atoms with Crippen LogP contribution in [0.2, 0.25) is 0 Å². The van der Waals surface area contributed by atoms with Gasteiger partial charge in [0.2, 0.25) is 0 Å². The summed E-state index contributed by atoms with van der Waals surface area (Å²) >= 11 is 0. The molecule has 5 rings (SSSR count). The predicted molar refractivity (Wildman–Crippen MR) is 149 cm³/mol. The normalized spacial score (nSPS) is 17.1. The van der Waals surface area contributed by atoms with Crippen molar-refractivity contribution >= 4 is 11.6 Å². The first-order valence-electron chi connectivity index (χ1n) is 12.8. The maximum Gasteiger partial charge on any atom is 0.251 e. The van der Waals surface area contributed by atoms with Gasteiger partial charge in [-0.3, -0.25) is 4.79 Å². The number of hydrogen-bond acceptors (Lipinski definition) is 6. The largest absolute Gasteiger partial charge is 0.388 e. The van der Waals surface area contributed by atoms with Gasteiger partial charge in [0, 0.05) is 31.4 Å². The highest BCUT2D eigenvalue weighted by molar-refractivity contribution is 5.94. The first-order valence-corrected chi connectivity index (χ1v) is 12.8. The molecule has 38 heavy (non-hydrogen) atoms. The molecule has 8 heteroatoms. The monoisotopic (exact) mass is 507 g/mol. The molecule has 8 nitrogen and oxygen atoms in total. The lowest BCUT2D eigenvalue weighted by Gasteiger charge is -2.36. The number of nitrogens with two attached hydrogens (primary N) is 1. The number of carbonyl (C=O) groups excluding carboxylic acids is 1. The van der Waals surface area contributed by atoms with E-state index in [1.165, 1.54) is 11.1 Å². The summed E-state index contributed by atoms with van der Waals surface area (Å²) in [6.07, 6.45) is 2.07. The average molecular weight is 508 g/mol. The van der Waals surface area contributed by atoms with Crippen molar-refractivity contribution in [3.8, 4) is 0 Å². The van der Waals surface area contributed by atoms with Gasteiger partial charge >= 0.3 is 0 Å². The van der Waals surface area contributed by atoms with Gasteiger partial charge in [0.1, 0.15) is 0 Å². The molecule has 1 aliphatic carbocycles. The number of aryl methyl sites for hydroxylation is 3. The molecule has 0 saturated heterocycles. The minimum absolute atomic E-state index is 0.120. The van der Waals surface area contributed by atoms with Crippen LogP contribution in [-0.4, -0.2) is 40.6 Å². The van der Waals surface area contributed by atoms with E-state index >= 15 is 0 Å². The molecule has 1 aliphatic rings. The summed E-state index contributed by atoms with van der Waals surface area (Å²) in [4.78, 5) is 12.6. The molecule has 1 amide bonds. The summed E-state index contributed by atoms with van der Waals surface area (Å²) in [5, 5.41) is 21.4. The van der Waals surface area contributed by atoms with Gasteiger partial charge in [-0.1, -0.05) is 54.6 Å². The van der Waals surface area contributed by atoms with Crippen molar-refractivity contribution < 1.29 is 4.79 Å². The summed E-state index contributed by atoms with van der Waals surface area (Å²) in [7, 11) is 3.51. The van der Waals surface area contributed by atoms with Crippen LogP contribution < -0.4 is 16.4 Å². The number of aromatic nitrogens is 4. The number of amides is 1. The van der Waals surface area contributed by atoms with E-state index in [0.29, 0.717) is 17.8 Å². The van der Waals surface area contributed by atoms with E-state index in [1.54, 1.807) is 7.05 Å². The number of nitrogens with one attached hydrogen (secondary N) is 3. The number of rotatable bonds is 7. The van der Waals surface area contributed by atoms with E-state index in [9.17, 15) is 4.79 Å². The summed E-state index contributed by atoms with van der Waals surface area (Å²) in [6.45, 7) is 6.23. The van der Waals surface area contributed by atoms with Crippen LogP contribution in [0.25, 0.3) is 5.70 Å². The van der Waals surface area contributed by atoms with Crippen LogP contribution in [0.5, 0.6) is 0 Å². The average Bonchev–Trinajstić information content (AvgIpc) is 3.45. The summed E-state index contributed by atoms with van der Waals surface area (Å²) in [5.41, 5.74) is 15.3. The van der Waals surface area contributed by atoms with Crippen LogP contribution >= 0.6 is 0 Å². The molecule has 5 N–H and O–H groups in total. The Morgan fingerprint density at radius 2 is 1.63 bits per heavy atom. The van der Waals surface area contributed by atoms with Crippen LogP contribution in [0.3, 0.4) is 0 Å². The zero-order chi connectivity index (χ0) is 26.9. The van der Waals surface area contributed by atoms with Crippen molar-refractivity contribution in [2.75, 3.05) is 14.1 Å². The Bertz CT molecular complexity index is 1410. The number of tetrazole rings is 1. The van der Waals surface area contributed by atoms with E-state index in [-0.39, 0.29) is 11.9 Å². The number of fused-ring (bicyclic) bond motifs is 2. The minimum Gasteiger partial charge on any atom is -0.388 e. The van der Waals surface area contributed by atoms with E-state index < -0.39 is 5.41 Å². The number of benzene rings is 3. The quantitative estimate of drug-likeness (QED) is 0.303. The maximum absolute atomic E-state index is 12.6. The van der Waals surface area contributed by atoms with Crippen molar-refractivity contribution in [2.45, 2.75) is 37.6 Å². The lowest BCUT2D eigenvalue weighted by Crippen LogP contribution is -2.36. The Morgan fingerprint density at radius 1 is 1.00 bits per heavy atom. The zero-order valence-corrected chi connectivity index (χ0v) is 22.0. The molecule has 3 aromatic carbocycles. The highest BCUT2D eigenvalue weighted by Crippen LogP contribution is 2.48. The van der Waals surface area contributed by atoms with E-state index in [4.69, 9.17) is 5.73 Å². The topological polar surface area (TPSA) is 122 Å². The molecule has 0 radical (unpaired) electrons. The van der Waals surface area contributed by atoms with Gasteiger partial charge < -0.3 is 16.4 Å². The van der Waals surface area contributed by atoms with Crippen LogP contribution in [0.1, 0.15) is 67.6 Å². The van der Waals surface area contributed by atoms with Crippen LogP contribution in [0.4, 0.5) is 0 Å². The second-order valence-corrected chi connectivity index (χ2v) is 9.93. The highest BCUT2D eigenvalue weighted by Gasteiger charge is 2.45. The van der Waals surface area contributed by atoms with Crippen LogP contribution in [0.15, 0.2) is 67.2 Å². The molecule has 0 fully saturated rings. The smallest absolute Gasteiger partial charge is 0.251 e. The van der Waals surface area contributed by atoms with Gasteiger partial charge in [-0.2, -0.15) is 0 Å². The fourth-order valence-corrected chi connectivity index (χ4v) is 5.64. The number of H-pyrrole nitrogens is 1. The first kappa shape index (κ1) is 25.4. The zero-order valence-electron chi connectivity index (χ0n) is 22.0. The van der Waals surface area contributed by atoms with E-state index in [1.807, 2.05) is 25.2 Å². The Balaban J connectivity index is 1.77. The molecular weight excluding hydrogens is 474 g/mol. The number of carbonyl (C=O) groups is 1. The third-order valence-corrected chi connectivity index (χ3v) is 7.71. The standard InChI is InChI=1S/C30H33N7O/c1-18-5-7-20(8-6-18)27(31)17-30(29-34-36-37-35-29)25-13-11-21(19(2)32-3)15-22(25)9-10-23-16-24(28(38)33-4)12-14-26(23)30/h5-8,11-16,27,32H,2,9-10,17,31H2,1,3-4H3,(H,33,38)(H,34,35,36,37)/t27-,30?/m0/s1. The maximum atomic E-state index is 12.6. The molecule has 1 unspecified atom stereocenters. The SMILES string of the molecule is C=C(NC)c1ccc2c(c1)CCc1cc(C(=O)NC)ccc1C2(C[C@H](N)c1ccc(C)cc1)c1nnn[nH]1. The summed E-state index contributed by atoms with van der Waals surface area (Å²) in [5.74, 6) is 0.503. The lowest BCUT2D eigenvalue weighted by atomic mass is 9.67. The Hall–Kier alpha value is -4.30. The van der Waals surface area contributed by atoms with Gasteiger partial charge in [0.15, 0.2) is 5.82 Å². The van der Waals surface area contributed by atoms with Crippen molar-refractivity contribution in [3.05, 3.63) is 118 Å². The first-order chi connectivity index (χ1) is 18.4. The van der Waals surface area contributed by atoms with Crippen molar-refractivity contribution in [1.82, 2.24) is 31.3 Å². The van der Waals surface area contributed by atoms with Gasteiger partial charge in [-0.05, 0) is 88.2 Å². The molecule has 1 aromatic heterocycles. The van der Waals surface area contributed by atoms with Gasteiger partial charge in [0.05, 0.1) is 5.41 Å². The Morgan fingerprint density at radius 3 is 2.21 bits per heavy atom. The van der Waals surface area contributed by atoms with Gasteiger partial charge in [0.25, 0.3) is 5.91 Å².